The minimum Gasteiger partial charge on any atom is -0.389 e. The Labute approximate surface area is 296 Å². The van der Waals surface area contributed by atoms with E-state index in [1.54, 1.807) is 12.1 Å². The van der Waals surface area contributed by atoms with Crippen LogP contribution in [0.4, 0.5) is 8.78 Å². The van der Waals surface area contributed by atoms with Gasteiger partial charge in [0.2, 0.25) is 0 Å². The Morgan fingerprint density at radius 2 is 1.29 bits per heavy atom. The van der Waals surface area contributed by atoms with Crippen molar-refractivity contribution in [3.63, 3.8) is 0 Å². The quantitative estimate of drug-likeness (QED) is 0.201. The molecule has 2 aliphatic rings. The number of nitrogens with two attached hydrogens (primary N) is 1. The second-order valence-corrected chi connectivity index (χ2v) is 11.0. The Morgan fingerprint density at radius 1 is 0.776 bits per heavy atom. The highest BCUT2D eigenvalue weighted by atomic mass is 35.5. The predicted molar refractivity (Wildman–Crippen MR) is 179 cm³/mol. The zero-order chi connectivity index (χ0) is 35.2. The Hall–Kier alpha value is -4.77. The van der Waals surface area contributed by atoms with E-state index >= 15 is 0 Å². The molecular weight excluding hydrogens is 705 g/mol. The number of carbonyl (C=O) groups is 4. The maximum absolute atomic E-state index is 13.3. The largest absolute Gasteiger partial charge is 0.389 e. The summed E-state index contributed by atoms with van der Waals surface area (Å²) in [6.45, 7) is 0.656. The summed E-state index contributed by atoms with van der Waals surface area (Å²) >= 11 is 12.0. The van der Waals surface area contributed by atoms with Crippen LogP contribution in [-0.4, -0.2) is 42.4 Å². The third-order valence-electron chi connectivity index (χ3n) is 6.96. The first kappa shape index (κ1) is 40.4. The summed E-state index contributed by atoms with van der Waals surface area (Å²) in [5.74, 6) is -2.91. The van der Waals surface area contributed by atoms with Crippen LogP contribution in [0, 0.1) is 11.6 Å². The highest BCUT2D eigenvalue weighted by Crippen LogP contribution is 2.22. The van der Waals surface area contributed by atoms with Crippen molar-refractivity contribution in [2.45, 2.75) is 31.7 Å². The molecule has 256 valence electrons. The average molecular weight is 734 g/mol. The number of carbonyl (C=O) groups excluding carboxylic acids is 6. The van der Waals surface area contributed by atoms with Gasteiger partial charge in [0.25, 0.3) is 5.91 Å². The van der Waals surface area contributed by atoms with E-state index in [9.17, 15) is 28.0 Å². The molecule has 2 heterocycles. The van der Waals surface area contributed by atoms with Crippen LogP contribution >= 0.6 is 35.6 Å². The van der Waals surface area contributed by atoms with Crippen LogP contribution in [0.1, 0.15) is 43.0 Å². The van der Waals surface area contributed by atoms with E-state index in [-0.39, 0.29) is 48.3 Å². The summed E-state index contributed by atoms with van der Waals surface area (Å²) in [7, 11) is 0. The van der Waals surface area contributed by atoms with Crippen molar-refractivity contribution >= 4 is 65.4 Å². The minimum atomic E-state index is -0.772. The highest BCUT2D eigenvalue weighted by Gasteiger charge is 2.29. The maximum atomic E-state index is 13.3. The summed E-state index contributed by atoms with van der Waals surface area (Å²) in [6, 6.07) is 21.9. The molecule has 0 aromatic heterocycles. The first-order chi connectivity index (χ1) is 23.0. The van der Waals surface area contributed by atoms with Crippen LogP contribution in [0.25, 0.3) is 0 Å². The fraction of sp³-hybridized carbons (Fsp3) is 0.171. The number of esters is 2. The third kappa shape index (κ3) is 12.0. The van der Waals surface area contributed by atoms with Gasteiger partial charge in [0.1, 0.15) is 11.6 Å². The Bertz CT molecular complexity index is 1850. The molecule has 0 aliphatic carbocycles. The van der Waals surface area contributed by atoms with Gasteiger partial charge in [-0.15, -0.1) is 12.4 Å². The number of cyclic esters (lactones) is 2. The van der Waals surface area contributed by atoms with Gasteiger partial charge in [0, 0.05) is 28.5 Å². The number of benzene rings is 4. The van der Waals surface area contributed by atoms with Crippen molar-refractivity contribution < 1.29 is 42.3 Å². The Kier molecular flexibility index (Phi) is 16.4. The van der Waals surface area contributed by atoms with E-state index in [2.05, 4.69) is 10.1 Å². The minimum absolute atomic E-state index is 0. The zero-order valence-electron chi connectivity index (χ0n) is 25.6. The van der Waals surface area contributed by atoms with Crippen LogP contribution in [0.2, 0.25) is 10.0 Å². The molecule has 0 bridgehead atoms. The Balaban J connectivity index is 0.000000263. The molecule has 14 heteroatoms. The molecule has 1 unspecified atom stereocenters. The number of ether oxygens (including phenoxy) is 1. The number of nitrogens with one attached hydrogen (secondary N) is 1. The first-order valence-corrected chi connectivity index (χ1v) is 15.0. The Morgan fingerprint density at radius 3 is 1.84 bits per heavy atom. The average Bonchev–Trinajstić information content (AvgIpc) is 3.16. The number of amides is 1. The van der Waals surface area contributed by atoms with Gasteiger partial charge in [-0.25, -0.2) is 13.6 Å². The molecule has 4 aromatic carbocycles. The first-order valence-electron chi connectivity index (χ1n) is 14.3. The van der Waals surface area contributed by atoms with Crippen LogP contribution in [-0.2, 0) is 49.6 Å². The van der Waals surface area contributed by atoms with Crippen molar-refractivity contribution in [1.29, 1.82) is 0 Å². The molecule has 9 nitrogen and oxygen atoms in total. The van der Waals surface area contributed by atoms with E-state index in [0.717, 1.165) is 34.7 Å². The summed E-state index contributed by atoms with van der Waals surface area (Å²) in [4.78, 5) is 62.7. The SMILES string of the molecule is Cl.NCCc1ccccc1Cl.O=C1Cc2ccc(F)cc2C(=O)O1.O=C1NC(Cc2ccccc2Cl)C(=O)Cc2ccc(F)cc21.O=C=O. The van der Waals surface area contributed by atoms with Crippen molar-refractivity contribution in [2.75, 3.05) is 6.54 Å². The molecular formula is C35H29Cl3F2N2O7. The van der Waals surface area contributed by atoms with Gasteiger partial charge in [0.05, 0.1) is 18.0 Å². The van der Waals surface area contributed by atoms with Crippen LogP contribution < -0.4 is 11.1 Å². The fourth-order valence-corrected chi connectivity index (χ4v) is 5.13. The summed E-state index contributed by atoms with van der Waals surface area (Å²) in [5.41, 5.74) is 8.71. The summed E-state index contributed by atoms with van der Waals surface area (Å²) < 4.78 is 30.3. The molecule has 0 spiro atoms. The smallest absolute Gasteiger partial charge is 0.373 e. The second kappa shape index (κ2) is 19.9. The van der Waals surface area contributed by atoms with Gasteiger partial charge >= 0.3 is 18.1 Å². The second-order valence-electron chi connectivity index (χ2n) is 10.2. The molecule has 6 rings (SSSR count). The molecule has 1 amide bonds. The monoisotopic (exact) mass is 732 g/mol. The molecule has 3 N–H and O–H groups in total. The molecule has 0 saturated heterocycles. The van der Waals surface area contributed by atoms with E-state index in [4.69, 9.17) is 38.5 Å². The lowest BCUT2D eigenvalue weighted by Crippen LogP contribution is -2.40. The van der Waals surface area contributed by atoms with Crippen LogP contribution in [0.15, 0.2) is 84.9 Å². The van der Waals surface area contributed by atoms with E-state index in [1.807, 2.05) is 36.4 Å². The van der Waals surface area contributed by atoms with E-state index < -0.39 is 35.5 Å². The lowest BCUT2D eigenvalue weighted by atomic mass is 9.98. The van der Waals surface area contributed by atoms with Gasteiger partial charge in [0.15, 0.2) is 5.78 Å². The number of ketones is 1. The number of fused-ring (bicyclic) bond motifs is 2. The van der Waals surface area contributed by atoms with Crippen molar-refractivity contribution in [1.82, 2.24) is 5.32 Å². The lowest BCUT2D eigenvalue weighted by molar-refractivity contribution is -0.191. The molecule has 0 fully saturated rings. The molecule has 2 aliphatic heterocycles. The van der Waals surface area contributed by atoms with Crippen LogP contribution in [0.5, 0.6) is 0 Å². The van der Waals surface area contributed by atoms with Gasteiger partial charge in [-0.2, -0.15) is 9.59 Å². The van der Waals surface area contributed by atoms with E-state index in [0.29, 0.717) is 29.1 Å². The molecule has 4 aromatic rings. The number of hydrogen-bond donors (Lipinski definition) is 2. The molecule has 0 radical (unpaired) electrons. The zero-order valence-corrected chi connectivity index (χ0v) is 27.9. The number of halogens is 5. The number of Topliss-reactive ketones (excluding diaryl/α,β-unsaturated/α-hetero) is 1. The summed E-state index contributed by atoms with van der Waals surface area (Å²) in [5, 5.41) is 4.04. The normalized spacial score (nSPS) is 14.1. The van der Waals surface area contributed by atoms with Crippen LogP contribution in [0.3, 0.4) is 0 Å². The van der Waals surface area contributed by atoms with E-state index in [1.165, 1.54) is 24.3 Å². The van der Waals surface area contributed by atoms with Crippen molar-refractivity contribution in [3.05, 3.63) is 140 Å². The van der Waals surface area contributed by atoms with Gasteiger partial charge in [-0.3, -0.25) is 14.4 Å². The standard InChI is InChI=1S/C17H13ClFNO2.C9H5FO3.C8H10ClN.CO2.ClH/c18-14-4-2-1-3-11(14)7-15-16(21)8-10-5-6-12(19)9-13(10)17(22)20-15;10-6-2-1-5-3-8(11)13-9(12)7(5)4-6;9-8-4-2-1-3-7(8)5-6-10;2-1-3;/h1-6,9,15H,7-8H2,(H,20,22);1-2,4H,3H2;1-4H,5-6,10H2;;1H. The maximum Gasteiger partial charge on any atom is 0.373 e. The third-order valence-corrected chi connectivity index (χ3v) is 7.70. The summed E-state index contributed by atoms with van der Waals surface area (Å²) in [6.07, 6.45) is 1.56. The van der Waals surface area contributed by atoms with Gasteiger partial charge in [-0.1, -0.05) is 71.7 Å². The molecule has 1 atom stereocenters. The fourth-order valence-electron chi connectivity index (χ4n) is 4.69. The molecule has 49 heavy (non-hydrogen) atoms. The van der Waals surface area contributed by atoms with Gasteiger partial charge < -0.3 is 15.8 Å². The molecule has 0 saturated carbocycles. The topological polar surface area (TPSA) is 150 Å². The van der Waals surface area contributed by atoms with Crippen molar-refractivity contribution in [3.8, 4) is 0 Å². The predicted octanol–water partition coefficient (Wildman–Crippen LogP) is 5.69. The lowest BCUT2D eigenvalue weighted by Gasteiger charge is -2.15. The number of hydrogen-bond acceptors (Lipinski definition) is 8. The number of rotatable bonds is 4. The highest BCUT2D eigenvalue weighted by molar-refractivity contribution is 6.31. The van der Waals surface area contributed by atoms with Crippen molar-refractivity contribution in [2.24, 2.45) is 5.73 Å². The van der Waals surface area contributed by atoms with Gasteiger partial charge in [-0.05, 0) is 71.6 Å².